The van der Waals surface area contributed by atoms with Gasteiger partial charge in [-0.2, -0.15) is 0 Å². The first-order valence-electron chi connectivity index (χ1n) is 6.45. The van der Waals surface area contributed by atoms with Crippen molar-refractivity contribution in [2.24, 2.45) is 5.92 Å². The van der Waals surface area contributed by atoms with E-state index in [-0.39, 0.29) is 11.3 Å². The molecule has 1 aromatic rings. The maximum Gasteiger partial charge on any atom is 0.310 e. The molecule has 2 N–H and O–H groups in total. The number of carboxylic acid groups (broad SMARTS) is 1. The van der Waals surface area contributed by atoms with Crippen LogP contribution in [0.3, 0.4) is 0 Å². The zero-order chi connectivity index (χ0) is 14.8. The first-order valence-corrected chi connectivity index (χ1v) is 7.93. The molecule has 0 amide bonds. The Balaban J connectivity index is 2.08. The Hall–Kier alpha value is -1.66. The van der Waals surface area contributed by atoms with Crippen LogP contribution in [0.25, 0.3) is 0 Å². The third-order valence-corrected chi connectivity index (χ3v) is 4.86. The average molecular weight is 295 g/mol. The molecule has 6 heteroatoms. The van der Waals surface area contributed by atoms with E-state index in [1.807, 2.05) is 6.92 Å². The number of hydrogen-bond acceptors (Lipinski definition) is 3. The van der Waals surface area contributed by atoms with Crippen molar-refractivity contribution in [3.05, 3.63) is 42.0 Å². The molecule has 2 atom stereocenters. The van der Waals surface area contributed by atoms with E-state index in [1.54, 1.807) is 30.3 Å². The molecule has 0 aromatic heterocycles. The normalized spacial score (nSPS) is 22.1. The van der Waals surface area contributed by atoms with Gasteiger partial charge in [-0.15, -0.1) is 0 Å². The summed E-state index contributed by atoms with van der Waals surface area (Å²) in [6.45, 7) is 2.00. The fourth-order valence-corrected chi connectivity index (χ4v) is 3.34. The van der Waals surface area contributed by atoms with Crippen LogP contribution >= 0.6 is 0 Å². The molecular formula is C14H17NO4S. The SMILES string of the molecule is CCc1ccc(S(=O)(=O)NC2C=CC(C(=O)O)C2)cc1. The number of benzene rings is 1. The number of sulfonamides is 1. The minimum Gasteiger partial charge on any atom is -0.481 e. The van der Waals surface area contributed by atoms with Crippen molar-refractivity contribution in [1.29, 1.82) is 0 Å². The summed E-state index contributed by atoms with van der Waals surface area (Å²) in [5.74, 6) is -1.56. The Bertz CT molecular complexity index is 619. The van der Waals surface area contributed by atoms with E-state index in [0.29, 0.717) is 0 Å². The molecule has 0 radical (unpaired) electrons. The van der Waals surface area contributed by atoms with Gasteiger partial charge < -0.3 is 5.11 Å². The Morgan fingerprint density at radius 1 is 1.30 bits per heavy atom. The molecule has 0 fully saturated rings. The molecule has 0 spiro atoms. The lowest BCUT2D eigenvalue weighted by atomic mass is 10.1. The van der Waals surface area contributed by atoms with Crippen LogP contribution in [0.4, 0.5) is 0 Å². The van der Waals surface area contributed by atoms with Gasteiger partial charge in [0, 0.05) is 6.04 Å². The highest BCUT2D eigenvalue weighted by Crippen LogP contribution is 2.20. The van der Waals surface area contributed by atoms with Crippen LogP contribution in [0, 0.1) is 5.92 Å². The fraction of sp³-hybridized carbons (Fsp3) is 0.357. The van der Waals surface area contributed by atoms with E-state index >= 15 is 0 Å². The van der Waals surface area contributed by atoms with E-state index in [2.05, 4.69) is 4.72 Å². The Morgan fingerprint density at radius 2 is 1.95 bits per heavy atom. The first kappa shape index (κ1) is 14.7. The van der Waals surface area contributed by atoms with E-state index in [0.717, 1.165) is 12.0 Å². The lowest BCUT2D eigenvalue weighted by Gasteiger charge is -2.13. The zero-order valence-corrected chi connectivity index (χ0v) is 11.9. The van der Waals surface area contributed by atoms with Gasteiger partial charge in [-0.3, -0.25) is 4.79 Å². The average Bonchev–Trinajstić information content (AvgIpc) is 2.87. The summed E-state index contributed by atoms with van der Waals surface area (Å²) < 4.78 is 26.9. The van der Waals surface area contributed by atoms with Crippen LogP contribution in [0.2, 0.25) is 0 Å². The van der Waals surface area contributed by atoms with Crippen LogP contribution < -0.4 is 4.72 Å². The van der Waals surface area contributed by atoms with Crippen LogP contribution in [0.1, 0.15) is 18.9 Å². The molecule has 2 unspecified atom stereocenters. The molecule has 0 saturated carbocycles. The highest BCUT2D eigenvalue weighted by molar-refractivity contribution is 7.89. The molecule has 5 nitrogen and oxygen atoms in total. The zero-order valence-electron chi connectivity index (χ0n) is 11.1. The van der Waals surface area contributed by atoms with Gasteiger partial charge in [0.1, 0.15) is 0 Å². The number of hydrogen-bond donors (Lipinski definition) is 2. The molecule has 1 aliphatic carbocycles. The lowest BCUT2D eigenvalue weighted by Crippen LogP contribution is -2.33. The minimum absolute atomic E-state index is 0.196. The molecule has 2 rings (SSSR count). The van der Waals surface area contributed by atoms with Gasteiger partial charge >= 0.3 is 5.97 Å². The Labute approximate surface area is 118 Å². The number of rotatable bonds is 5. The molecule has 1 aliphatic rings. The van der Waals surface area contributed by atoms with Crippen molar-refractivity contribution in [3.8, 4) is 0 Å². The molecule has 0 saturated heterocycles. The van der Waals surface area contributed by atoms with Crippen molar-refractivity contribution >= 4 is 16.0 Å². The third kappa shape index (κ3) is 3.26. The van der Waals surface area contributed by atoms with Gasteiger partial charge in [0.2, 0.25) is 10.0 Å². The van der Waals surface area contributed by atoms with E-state index in [4.69, 9.17) is 5.11 Å². The molecule has 0 heterocycles. The van der Waals surface area contributed by atoms with Crippen LogP contribution in [-0.2, 0) is 21.2 Å². The van der Waals surface area contributed by atoms with Crippen LogP contribution in [-0.4, -0.2) is 25.5 Å². The fourth-order valence-electron chi connectivity index (χ4n) is 2.14. The third-order valence-electron chi connectivity index (χ3n) is 3.35. The topological polar surface area (TPSA) is 83.5 Å². The summed E-state index contributed by atoms with van der Waals surface area (Å²) in [6, 6.07) is 6.22. The van der Waals surface area contributed by atoms with Gasteiger partial charge in [-0.1, -0.05) is 31.2 Å². The maximum absolute atomic E-state index is 12.2. The van der Waals surface area contributed by atoms with Crippen LogP contribution in [0.5, 0.6) is 0 Å². The van der Waals surface area contributed by atoms with Crippen molar-refractivity contribution in [2.45, 2.75) is 30.7 Å². The molecule has 0 bridgehead atoms. The van der Waals surface area contributed by atoms with E-state index < -0.39 is 28.0 Å². The monoisotopic (exact) mass is 295 g/mol. The molecular weight excluding hydrogens is 278 g/mol. The quantitative estimate of drug-likeness (QED) is 0.807. The van der Waals surface area contributed by atoms with Gasteiger partial charge in [0.25, 0.3) is 0 Å². The molecule has 1 aromatic carbocycles. The number of aliphatic carboxylic acids is 1. The minimum atomic E-state index is -3.61. The summed E-state index contributed by atoms with van der Waals surface area (Å²) in [5, 5.41) is 8.88. The smallest absolute Gasteiger partial charge is 0.310 e. The number of carbonyl (C=O) groups is 1. The van der Waals surface area contributed by atoms with Gasteiger partial charge in [-0.05, 0) is 30.5 Å². The Kier molecular flexibility index (Phi) is 4.25. The van der Waals surface area contributed by atoms with Crippen molar-refractivity contribution in [2.75, 3.05) is 0 Å². The summed E-state index contributed by atoms with van der Waals surface area (Å²) in [5.41, 5.74) is 1.07. The summed E-state index contributed by atoms with van der Waals surface area (Å²) in [4.78, 5) is 11.0. The summed E-state index contributed by atoms with van der Waals surface area (Å²) in [6.07, 6.45) is 4.22. The summed E-state index contributed by atoms with van der Waals surface area (Å²) in [7, 11) is -3.61. The van der Waals surface area contributed by atoms with Crippen LogP contribution in [0.15, 0.2) is 41.3 Å². The Morgan fingerprint density at radius 3 is 2.45 bits per heavy atom. The molecule has 108 valence electrons. The van der Waals surface area contributed by atoms with Gasteiger partial charge in [0.15, 0.2) is 0 Å². The van der Waals surface area contributed by atoms with E-state index in [1.165, 1.54) is 6.08 Å². The van der Waals surface area contributed by atoms with Crippen molar-refractivity contribution < 1.29 is 18.3 Å². The van der Waals surface area contributed by atoms with Gasteiger partial charge in [0.05, 0.1) is 10.8 Å². The highest BCUT2D eigenvalue weighted by Gasteiger charge is 2.27. The predicted octanol–water partition coefficient (Wildman–Crippen LogP) is 1.56. The second kappa shape index (κ2) is 5.76. The number of aryl methyl sites for hydroxylation is 1. The number of nitrogens with one attached hydrogen (secondary N) is 1. The first-order chi connectivity index (χ1) is 9.42. The second-order valence-electron chi connectivity index (χ2n) is 4.79. The maximum atomic E-state index is 12.2. The molecule has 0 aliphatic heterocycles. The van der Waals surface area contributed by atoms with E-state index in [9.17, 15) is 13.2 Å². The standard InChI is InChI=1S/C14H17NO4S/c1-2-10-3-7-13(8-4-10)20(18,19)15-12-6-5-11(9-12)14(16)17/h3-8,11-12,15H,2,9H2,1H3,(H,16,17). The lowest BCUT2D eigenvalue weighted by molar-refractivity contribution is -0.140. The number of carboxylic acids is 1. The largest absolute Gasteiger partial charge is 0.481 e. The predicted molar refractivity (Wildman–Crippen MR) is 74.8 cm³/mol. The van der Waals surface area contributed by atoms with Crippen molar-refractivity contribution in [3.63, 3.8) is 0 Å². The van der Waals surface area contributed by atoms with Gasteiger partial charge in [-0.25, -0.2) is 13.1 Å². The molecule has 20 heavy (non-hydrogen) atoms. The van der Waals surface area contributed by atoms with Crippen molar-refractivity contribution in [1.82, 2.24) is 4.72 Å². The second-order valence-corrected chi connectivity index (χ2v) is 6.50. The summed E-state index contributed by atoms with van der Waals surface area (Å²) >= 11 is 0. The highest BCUT2D eigenvalue weighted by atomic mass is 32.2.